The molecule has 1 N–H and O–H groups in total. The van der Waals surface area contributed by atoms with Gasteiger partial charge in [0.25, 0.3) is 0 Å². The van der Waals surface area contributed by atoms with E-state index < -0.39 is 15.8 Å². The van der Waals surface area contributed by atoms with Crippen molar-refractivity contribution in [3.8, 4) is 0 Å². The average Bonchev–Trinajstić information content (AvgIpc) is 2.89. The Morgan fingerprint density at radius 2 is 1.86 bits per heavy atom. The van der Waals surface area contributed by atoms with Gasteiger partial charge in [0.1, 0.15) is 0 Å². The van der Waals surface area contributed by atoms with Gasteiger partial charge in [-0.25, -0.2) is 8.42 Å². The molecule has 2 heterocycles. The lowest BCUT2D eigenvalue weighted by molar-refractivity contribution is -0.119. The number of rotatable bonds is 3. The number of carbonyl (C=O) groups is 1. The summed E-state index contributed by atoms with van der Waals surface area (Å²) in [6, 6.07) is 7.78. The first-order valence-electron chi connectivity index (χ1n) is 7.90. The minimum atomic E-state index is -3.03. The molecule has 0 saturated carbocycles. The number of hydrogen-bond donors (Lipinski definition) is 1. The van der Waals surface area contributed by atoms with E-state index in [0.717, 1.165) is 24.5 Å². The smallest absolute Gasteiger partial charge is 0.228 e. The highest BCUT2D eigenvalue weighted by molar-refractivity contribution is 7.91. The van der Waals surface area contributed by atoms with Gasteiger partial charge in [0, 0.05) is 13.1 Å². The van der Waals surface area contributed by atoms with E-state index in [4.69, 9.17) is 0 Å². The summed E-state index contributed by atoms with van der Waals surface area (Å²) in [6.45, 7) is 2.01. The first-order chi connectivity index (χ1) is 10.6. The zero-order valence-corrected chi connectivity index (χ0v) is 13.4. The minimum Gasteiger partial charge on any atom is -0.370 e. The normalized spacial score (nSPS) is 24.2. The molecule has 6 heteroatoms. The number of anilines is 2. The maximum atomic E-state index is 12.3. The Kier molecular flexibility index (Phi) is 4.38. The van der Waals surface area contributed by atoms with Crippen LogP contribution in [0.3, 0.4) is 0 Å². The van der Waals surface area contributed by atoms with Crippen molar-refractivity contribution in [1.82, 2.24) is 0 Å². The van der Waals surface area contributed by atoms with Crippen molar-refractivity contribution in [2.24, 2.45) is 5.92 Å². The molecular weight excluding hydrogens is 300 g/mol. The molecule has 0 spiro atoms. The molecule has 1 amide bonds. The largest absolute Gasteiger partial charge is 0.370 e. The summed E-state index contributed by atoms with van der Waals surface area (Å²) >= 11 is 0. The van der Waals surface area contributed by atoms with Crippen LogP contribution in [0.1, 0.15) is 25.7 Å². The quantitative estimate of drug-likeness (QED) is 0.925. The molecule has 2 aliphatic heterocycles. The average molecular weight is 322 g/mol. The van der Waals surface area contributed by atoms with Gasteiger partial charge in [-0.15, -0.1) is 0 Å². The fourth-order valence-electron chi connectivity index (χ4n) is 3.23. The number of carbonyl (C=O) groups excluding carboxylic acids is 1. The van der Waals surface area contributed by atoms with Crippen LogP contribution in [0, 0.1) is 5.92 Å². The summed E-state index contributed by atoms with van der Waals surface area (Å²) < 4.78 is 23.0. The third-order valence-corrected chi connectivity index (χ3v) is 6.23. The Balaban J connectivity index is 1.73. The second kappa shape index (κ2) is 6.28. The Hall–Kier alpha value is -1.56. The van der Waals surface area contributed by atoms with E-state index in [-0.39, 0.29) is 17.4 Å². The van der Waals surface area contributed by atoms with Gasteiger partial charge in [-0.1, -0.05) is 12.1 Å². The molecular formula is C16H22N2O3S. The third-order valence-electron chi connectivity index (χ3n) is 4.46. The van der Waals surface area contributed by atoms with Gasteiger partial charge in [-0.05, 0) is 37.8 Å². The Morgan fingerprint density at radius 1 is 1.14 bits per heavy atom. The number of benzene rings is 1. The molecule has 0 aromatic heterocycles. The number of hydrogen-bond acceptors (Lipinski definition) is 4. The summed E-state index contributed by atoms with van der Waals surface area (Å²) in [6.07, 6.45) is 4.03. The van der Waals surface area contributed by atoms with Crippen LogP contribution in [0.5, 0.6) is 0 Å². The number of sulfone groups is 1. The lowest BCUT2D eigenvalue weighted by Gasteiger charge is -2.30. The molecule has 120 valence electrons. The highest BCUT2D eigenvalue weighted by atomic mass is 32.2. The van der Waals surface area contributed by atoms with Crippen LogP contribution < -0.4 is 10.2 Å². The molecule has 0 bridgehead atoms. The van der Waals surface area contributed by atoms with Crippen molar-refractivity contribution in [2.45, 2.75) is 25.7 Å². The monoisotopic (exact) mass is 322 g/mol. The van der Waals surface area contributed by atoms with E-state index in [0.29, 0.717) is 6.42 Å². The van der Waals surface area contributed by atoms with Crippen LogP contribution in [0.15, 0.2) is 24.3 Å². The van der Waals surface area contributed by atoms with Gasteiger partial charge in [0.2, 0.25) is 5.91 Å². The summed E-state index contributed by atoms with van der Waals surface area (Å²) in [5.74, 6) is -0.492. The standard InChI is InChI=1S/C16H22N2O3S/c19-16(13-8-11-22(20,21)12-13)17-14-6-2-3-7-15(14)18-9-4-1-5-10-18/h2-3,6-7,13H,1,4-5,8-12H2,(H,17,19). The van der Waals surface area contributed by atoms with Gasteiger partial charge >= 0.3 is 0 Å². The number of nitrogens with one attached hydrogen (secondary N) is 1. The molecule has 1 atom stereocenters. The highest BCUT2D eigenvalue weighted by Crippen LogP contribution is 2.29. The maximum Gasteiger partial charge on any atom is 0.228 e. The Bertz CT molecular complexity index is 651. The molecule has 22 heavy (non-hydrogen) atoms. The molecule has 1 aromatic carbocycles. The fraction of sp³-hybridized carbons (Fsp3) is 0.562. The van der Waals surface area contributed by atoms with E-state index in [1.54, 1.807) is 0 Å². The van der Waals surface area contributed by atoms with Gasteiger partial charge < -0.3 is 10.2 Å². The molecule has 1 unspecified atom stereocenters. The molecule has 3 rings (SSSR count). The first kappa shape index (κ1) is 15.3. The van der Waals surface area contributed by atoms with Crippen molar-refractivity contribution in [2.75, 3.05) is 34.8 Å². The summed E-state index contributed by atoms with van der Waals surface area (Å²) in [4.78, 5) is 14.6. The van der Waals surface area contributed by atoms with Gasteiger partial charge in [0.15, 0.2) is 9.84 Å². The van der Waals surface area contributed by atoms with Gasteiger partial charge in [-0.2, -0.15) is 0 Å². The molecule has 2 saturated heterocycles. The van der Waals surface area contributed by atoms with Crippen LogP contribution >= 0.6 is 0 Å². The highest BCUT2D eigenvalue weighted by Gasteiger charge is 2.33. The molecule has 5 nitrogen and oxygen atoms in total. The summed E-state index contributed by atoms with van der Waals surface area (Å²) in [5, 5.41) is 2.94. The van der Waals surface area contributed by atoms with Gasteiger partial charge in [0.05, 0.1) is 28.8 Å². The van der Waals surface area contributed by atoms with Crippen molar-refractivity contribution < 1.29 is 13.2 Å². The minimum absolute atomic E-state index is 0.0231. The number of para-hydroxylation sites is 2. The molecule has 0 radical (unpaired) electrons. The van der Waals surface area contributed by atoms with Crippen molar-refractivity contribution in [3.63, 3.8) is 0 Å². The van der Waals surface area contributed by atoms with Crippen LogP contribution in [-0.2, 0) is 14.6 Å². The SMILES string of the molecule is O=C(Nc1ccccc1N1CCCCC1)C1CCS(=O)(=O)C1. The van der Waals surface area contributed by atoms with E-state index in [1.807, 2.05) is 24.3 Å². The predicted octanol–water partition coefficient (Wildman–Crippen LogP) is 2.05. The number of piperidine rings is 1. The molecule has 1 aromatic rings. The van der Waals surface area contributed by atoms with Crippen molar-refractivity contribution in [1.29, 1.82) is 0 Å². The molecule has 2 fully saturated rings. The van der Waals surface area contributed by atoms with Crippen molar-refractivity contribution in [3.05, 3.63) is 24.3 Å². The Labute approximate surface area is 131 Å². The lowest BCUT2D eigenvalue weighted by Crippen LogP contribution is -2.31. The van der Waals surface area contributed by atoms with Crippen LogP contribution in [0.25, 0.3) is 0 Å². The van der Waals surface area contributed by atoms with Crippen molar-refractivity contribution >= 4 is 27.1 Å². The third kappa shape index (κ3) is 3.43. The Morgan fingerprint density at radius 3 is 2.55 bits per heavy atom. The van der Waals surface area contributed by atoms with E-state index >= 15 is 0 Å². The molecule has 0 aliphatic carbocycles. The topological polar surface area (TPSA) is 66.5 Å². The summed E-state index contributed by atoms with van der Waals surface area (Å²) in [7, 11) is -3.03. The fourth-order valence-corrected chi connectivity index (χ4v) is 4.97. The van der Waals surface area contributed by atoms with E-state index in [9.17, 15) is 13.2 Å². The lowest BCUT2D eigenvalue weighted by atomic mass is 10.1. The second-order valence-electron chi connectivity index (χ2n) is 6.15. The number of nitrogens with zero attached hydrogens (tertiary/aromatic N) is 1. The zero-order chi connectivity index (χ0) is 15.6. The van der Waals surface area contributed by atoms with Crippen LogP contribution in [0.4, 0.5) is 11.4 Å². The van der Waals surface area contributed by atoms with E-state index in [2.05, 4.69) is 10.2 Å². The number of amides is 1. The van der Waals surface area contributed by atoms with Crippen LogP contribution in [0.2, 0.25) is 0 Å². The second-order valence-corrected chi connectivity index (χ2v) is 8.38. The summed E-state index contributed by atoms with van der Waals surface area (Å²) in [5.41, 5.74) is 1.83. The molecule has 2 aliphatic rings. The van der Waals surface area contributed by atoms with E-state index in [1.165, 1.54) is 19.3 Å². The first-order valence-corrected chi connectivity index (χ1v) is 9.72. The maximum absolute atomic E-state index is 12.3. The predicted molar refractivity (Wildman–Crippen MR) is 87.9 cm³/mol. The van der Waals surface area contributed by atoms with Crippen LogP contribution in [-0.4, -0.2) is 38.9 Å². The van der Waals surface area contributed by atoms with Gasteiger partial charge in [-0.3, -0.25) is 4.79 Å². The zero-order valence-electron chi connectivity index (χ0n) is 12.6.